The van der Waals surface area contributed by atoms with E-state index in [1.807, 2.05) is 24.3 Å². The van der Waals surface area contributed by atoms with Gasteiger partial charge in [0.15, 0.2) is 0 Å². The summed E-state index contributed by atoms with van der Waals surface area (Å²) < 4.78 is 0. The average molecular weight is 287 g/mol. The maximum absolute atomic E-state index is 12.3. The molecule has 112 valence electrons. The van der Waals surface area contributed by atoms with Crippen molar-refractivity contribution in [3.8, 4) is 0 Å². The molecule has 0 spiro atoms. The van der Waals surface area contributed by atoms with E-state index in [-0.39, 0.29) is 17.9 Å². The van der Waals surface area contributed by atoms with E-state index in [9.17, 15) is 9.59 Å². The van der Waals surface area contributed by atoms with Gasteiger partial charge in [-0.15, -0.1) is 0 Å². The molecule has 2 saturated heterocycles. The van der Waals surface area contributed by atoms with Crippen molar-refractivity contribution in [2.75, 3.05) is 23.3 Å². The first-order valence-corrected chi connectivity index (χ1v) is 7.60. The zero-order valence-electron chi connectivity index (χ0n) is 12.3. The van der Waals surface area contributed by atoms with Crippen LogP contribution in [0.1, 0.15) is 26.2 Å². The van der Waals surface area contributed by atoms with Gasteiger partial charge in [-0.05, 0) is 43.5 Å². The summed E-state index contributed by atoms with van der Waals surface area (Å²) >= 11 is 0. The maximum atomic E-state index is 12.3. The Morgan fingerprint density at radius 2 is 2.29 bits per heavy atom. The molecule has 0 radical (unpaired) electrons. The van der Waals surface area contributed by atoms with Crippen LogP contribution in [0.5, 0.6) is 0 Å². The molecular weight excluding hydrogens is 266 g/mol. The Morgan fingerprint density at radius 1 is 1.43 bits per heavy atom. The lowest BCUT2D eigenvalue weighted by atomic mass is 10.0. The first-order valence-electron chi connectivity index (χ1n) is 7.60. The molecule has 2 unspecified atom stereocenters. The van der Waals surface area contributed by atoms with Crippen molar-refractivity contribution in [3.05, 3.63) is 24.3 Å². The Labute approximate surface area is 124 Å². The van der Waals surface area contributed by atoms with Gasteiger partial charge in [-0.3, -0.25) is 9.59 Å². The van der Waals surface area contributed by atoms with Crippen LogP contribution in [0.4, 0.5) is 11.4 Å². The third-order valence-corrected chi connectivity index (χ3v) is 4.31. The summed E-state index contributed by atoms with van der Waals surface area (Å²) in [5.74, 6) is 0.516. The smallest absolute Gasteiger partial charge is 0.241 e. The zero-order chi connectivity index (χ0) is 14.8. The molecule has 0 saturated carbocycles. The van der Waals surface area contributed by atoms with Crippen LogP contribution in [-0.2, 0) is 9.59 Å². The fourth-order valence-corrected chi connectivity index (χ4v) is 3.08. The minimum absolute atomic E-state index is 0.00454. The van der Waals surface area contributed by atoms with Gasteiger partial charge in [0.1, 0.15) is 0 Å². The monoisotopic (exact) mass is 287 g/mol. The van der Waals surface area contributed by atoms with Gasteiger partial charge in [0, 0.05) is 24.3 Å². The quantitative estimate of drug-likeness (QED) is 0.890. The topological polar surface area (TPSA) is 61.4 Å². The predicted octanol–water partition coefficient (Wildman–Crippen LogP) is 1.75. The molecule has 2 atom stereocenters. The van der Waals surface area contributed by atoms with Crippen LogP contribution in [0.3, 0.4) is 0 Å². The van der Waals surface area contributed by atoms with Crippen molar-refractivity contribution in [2.24, 2.45) is 5.92 Å². The molecule has 1 aromatic rings. The third-order valence-electron chi connectivity index (χ3n) is 4.31. The number of hydrogen-bond acceptors (Lipinski definition) is 3. The number of nitrogens with zero attached hydrogens (tertiary/aromatic N) is 1. The molecule has 0 aliphatic carbocycles. The van der Waals surface area contributed by atoms with Crippen LogP contribution in [0.15, 0.2) is 24.3 Å². The lowest BCUT2D eigenvalue weighted by Gasteiger charge is -2.18. The van der Waals surface area contributed by atoms with E-state index in [0.29, 0.717) is 12.3 Å². The number of anilines is 2. The maximum Gasteiger partial charge on any atom is 0.241 e. The normalized spacial score (nSPS) is 25.4. The van der Waals surface area contributed by atoms with E-state index >= 15 is 0 Å². The van der Waals surface area contributed by atoms with Crippen LogP contribution in [0.2, 0.25) is 0 Å². The molecule has 0 aromatic heterocycles. The number of carbonyl (C=O) groups excluding carboxylic acids is 2. The largest absolute Gasteiger partial charge is 0.325 e. The van der Waals surface area contributed by atoms with Gasteiger partial charge in [0.05, 0.1) is 6.04 Å². The van der Waals surface area contributed by atoms with Crippen molar-refractivity contribution in [1.29, 1.82) is 0 Å². The number of rotatable bonds is 3. The van der Waals surface area contributed by atoms with Gasteiger partial charge < -0.3 is 15.5 Å². The lowest BCUT2D eigenvalue weighted by molar-refractivity contribution is -0.118. The van der Waals surface area contributed by atoms with Crippen LogP contribution < -0.4 is 15.5 Å². The Morgan fingerprint density at radius 3 is 2.95 bits per heavy atom. The summed E-state index contributed by atoms with van der Waals surface area (Å²) in [6, 6.07) is 7.40. The SMILES string of the molecule is CC1CCNC1C(=O)Nc1cccc(N2CCCC2=O)c1. The van der Waals surface area contributed by atoms with Crippen molar-refractivity contribution >= 4 is 23.2 Å². The standard InChI is InChI=1S/C16H21N3O2/c1-11-7-8-17-15(11)16(21)18-12-4-2-5-13(10-12)19-9-3-6-14(19)20/h2,4-5,10-11,15,17H,3,6-9H2,1H3,(H,18,21). The highest BCUT2D eigenvalue weighted by atomic mass is 16.2. The van der Waals surface area contributed by atoms with Crippen LogP contribution in [-0.4, -0.2) is 30.9 Å². The third kappa shape index (κ3) is 2.93. The molecule has 2 fully saturated rings. The molecule has 3 rings (SSSR count). The second-order valence-corrected chi connectivity index (χ2v) is 5.89. The molecule has 21 heavy (non-hydrogen) atoms. The summed E-state index contributed by atoms with van der Waals surface area (Å²) in [5.41, 5.74) is 1.61. The number of hydrogen-bond donors (Lipinski definition) is 2. The van der Waals surface area contributed by atoms with Crippen molar-refractivity contribution in [3.63, 3.8) is 0 Å². The summed E-state index contributed by atoms with van der Waals surface area (Å²) in [6.07, 6.45) is 2.54. The first-order chi connectivity index (χ1) is 10.1. The summed E-state index contributed by atoms with van der Waals surface area (Å²) in [5, 5.41) is 6.18. The Hall–Kier alpha value is -1.88. The number of carbonyl (C=O) groups is 2. The second-order valence-electron chi connectivity index (χ2n) is 5.89. The summed E-state index contributed by atoms with van der Waals surface area (Å²) in [6.45, 7) is 3.74. The molecule has 2 amide bonds. The molecule has 5 nitrogen and oxygen atoms in total. The van der Waals surface area contributed by atoms with E-state index < -0.39 is 0 Å². The Balaban J connectivity index is 1.71. The fourth-order valence-electron chi connectivity index (χ4n) is 3.08. The van der Waals surface area contributed by atoms with Gasteiger partial charge in [-0.25, -0.2) is 0 Å². The second kappa shape index (κ2) is 5.85. The molecule has 1 aromatic carbocycles. The summed E-state index contributed by atoms with van der Waals surface area (Å²) in [4.78, 5) is 25.8. The highest BCUT2D eigenvalue weighted by Gasteiger charge is 2.29. The van der Waals surface area contributed by atoms with Gasteiger partial charge >= 0.3 is 0 Å². The zero-order valence-corrected chi connectivity index (χ0v) is 12.3. The van der Waals surface area contributed by atoms with Gasteiger partial charge in [0.25, 0.3) is 0 Å². The minimum atomic E-state index is -0.123. The van der Waals surface area contributed by atoms with E-state index in [2.05, 4.69) is 17.6 Å². The van der Waals surface area contributed by atoms with Gasteiger partial charge in [-0.2, -0.15) is 0 Å². The Bertz CT molecular complexity index is 558. The number of nitrogens with one attached hydrogen (secondary N) is 2. The number of amides is 2. The van der Waals surface area contributed by atoms with Crippen LogP contribution in [0.25, 0.3) is 0 Å². The van der Waals surface area contributed by atoms with Gasteiger partial charge in [0.2, 0.25) is 11.8 Å². The molecular formula is C16H21N3O2. The predicted molar refractivity (Wildman–Crippen MR) is 82.2 cm³/mol. The molecule has 2 aliphatic rings. The number of benzene rings is 1. The molecule has 5 heteroatoms. The minimum Gasteiger partial charge on any atom is -0.325 e. The highest BCUT2D eigenvalue weighted by Crippen LogP contribution is 2.25. The molecule has 0 bridgehead atoms. The molecule has 2 N–H and O–H groups in total. The summed E-state index contributed by atoms with van der Waals surface area (Å²) in [7, 11) is 0. The van der Waals surface area contributed by atoms with E-state index in [1.54, 1.807) is 4.90 Å². The van der Waals surface area contributed by atoms with Crippen molar-refractivity contribution in [1.82, 2.24) is 5.32 Å². The molecule has 2 heterocycles. The Kier molecular flexibility index (Phi) is 3.92. The van der Waals surface area contributed by atoms with Gasteiger partial charge in [-0.1, -0.05) is 13.0 Å². The highest BCUT2D eigenvalue weighted by molar-refractivity contribution is 5.98. The van der Waals surface area contributed by atoms with E-state index in [4.69, 9.17) is 0 Å². The van der Waals surface area contributed by atoms with Crippen molar-refractivity contribution in [2.45, 2.75) is 32.2 Å². The fraction of sp³-hybridized carbons (Fsp3) is 0.500. The first kappa shape index (κ1) is 14.1. The van der Waals surface area contributed by atoms with Crippen LogP contribution in [0, 0.1) is 5.92 Å². The molecule has 2 aliphatic heterocycles. The average Bonchev–Trinajstić information content (AvgIpc) is 3.07. The van der Waals surface area contributed by atoms with Crippen molar-refractivity contribution < 1.29 is 9.59 Å². The van der Waals surface area contributed by atoms with E-state index in [1.165, 1.54) is 0 Å². The lowest BCUT2D eigenvalue weighted by Crippen LogP contribution is -2.39. The van der Waals surface area contributed by atoms with E-state index in [0.717, 1.165) is 37.3 Å². The van der Waals surface area contributed by atoms with Crippen LogP contribution >= 0.6 is 0 Å².